The number of nitrogens with zero attached hydrogens (tertiary/aromatic N) is 1. The van der Waals surface area contributed by atoms with E-state index in [4.69, 9.17) is 0 Å². The molecule has 2 aliphatic heterocycles. The summed E-state index contributed by atoms with van der Waals surface area (Å²) < 4.78 is 0. The van der Waals surface area contributed by atoms with Crippen LogP contribution in [0.5, 0.6) is 0 Å². The van der Waals surface area contributed by atoms with E-state index in [-0.39, 0.29) is 5.41 Å². The van der Waals surface area contributed by atoms with Gasteiger partial charge in [-0.1, -0.05) is 96.8 Å². The molecule has 0 saturated carbocycles. The molecule has 3 aromatic carbocycles. The number of hydrogen-bond donors (Lipinski definition) is 2. The number of carbonyl (C=O) groups excluding carboxylic acids is 1. The van der Waals surface area contributed by atoms with E-state index in [9.17, 15) is 9.90 Å². The molecule has 2 N–H and O–H groups in total. The van der Waals surface area contributed by atoms with Crippen LogP contribution in [0.2, 0.25) is 0 Å². The quantitative estimate of drug-likeness (QED) is 0.306. The highest BCUT2D eigenvalue weighted by molar-refractivity contribution is 5.94. The molecule has 226 valence electrons. The van der Waals surface area contributed by atoms with E-state index in [1.807, 2.05) is 17.9 Å². The summed E-state index contributed by atoms with van der Waals surface area (Å²) >= 11 is 0. The molecule has 4 heteroatoms. The smallest absolute Gasteiger partial charge is 0.225 e. The van der Waals surface area contributed by atoms with Gasteiger partial charge in [0.05, 0.1) is 11.2 Å². The Hall–Kier alpha value is -4.25. The van der Waals surface area contributed by atoms with Crippen LogP contribution in [-0.4, -0.2) is 22.8 Å². The van der Waals surface area contributed by atoms with Crippen LogP contribution in [0.25, 0.3) is 11.1 Å². The summed E-state index contributed by atoms with van der Waals surface area (Å²) in [5.74, 6) is -1.61. The first-order chi connectivity index (χ1) is 21.5. The Morgan fingerprint density at radius 3 is 2.53 bits per heavy atom. The molecule has 0 bridgehead atoms. The predicted molar refractivity (Wildman–Crippen MR) is 181 cm³/mol. The average Bonchev–Trinajstić information content (AvgIpc) is 3.55. The van der Waals surface area contributed by atoms with E-state index >= 15 is 0 Å². The summed E-state index contributed by atoms with van der Waals surface area (Å²) in [6, 6.07) is 17.9. The molecule has 0 fully saturated rings. The summed E-state index contributed by atoms with van der Waals surface area (Å²) in [6.45, 7) is 13.5. The maximum atomic E-state index is 13.0. The third-order valence-electron chi connectivity index (χ3n) is 10.9. The molecule has 4 nitrogen and oxygen atoms in total. The average molecular weight is 593 g/mol. The highest BCUT2D eigenvalue weighted by Crippen LogP contribution is 2.58. The topological polar surface area (TPSA) is 52.6 Å². The summed E-state index contributed by atoms with van der Waals surface area (Å²) in [4.78, 5) is 14.3. The summed E-state index contributed by atoms with van der Waals surface area (Å²) in [5, 5.41) is 16.8. The molecule has 5 aliphatic rings. The molecule has 2 atom stereocenters. The van der Waals surface area contributed by atoms with Crippen LogP contribution in [0.3, 0.4) is 0 Å². The van der Waals surface area contributed by atoms with Gasteiger partial charge in [-0.3, -0.25) is 10.1 Å². The standard InChI is InChI=1S/C41H40N2O2/c1-24-10-9-11-28(17-24)33-22-40(36-21-35-31(20-32(33)36)30-12-7-8-13-34(30)39(35,5)6)37-19-26(3)16-27(4)38(37)41(45,42-40)43-15-14-25(2)18-29(43)23-44/h7,9-12,14,16-23,42,45H,8,13,15H2,1-6H3/t40-,41+/m0/s1. The second-order valence-corrected chi connectivity index (χ2v) is 14.2. The first-order valence-electron chi connectivity index (χ1n) is 16.1. The lowest BCUT2D eigenvalue weighted by Gasteiger charge is -2.42. The number of aldehydes is 1. The van der Waals surface area contributed by atoms with Crippen molar-refractivity contribution in [2.75, 3.05) is 6.54 Å². The minimum Gasteiger partial charge on any atom is -0.355 e. The zero-order valence-corrected chi connectivity index (χ0v) is 27.0. The van der Waals surface area contributed by atoms with Crippen LogP contribution in [0.4, 0.5) is 0 Å². The van der Waals surface area contributed by atoms with Crippen LogP contribution < -0.4 is 5.32 Å². The van der Waals surface area contributed by atoms with Gasteiger partial charge < -0.3 is 10.0 Å². The lowest BCUT2D eigenvalue weighted by molar-refractivity contribution is -0.131. The molecule has 45 heavy (non-hydrogen) atoms. The van der Waals surface area contributed by atoms with Crippen molar-refractivity contribution in [3.63, 3.8) is 0 Å². The van der Waals surface area contributed by atoms with Gasteiger partial charge in [0.1, 0.15) is 0 Å². The SMILES string of the molecule is CC1=CCN([C@]2(O)N[C@]3(C=C(c4cccc(C)c4)c4cc5c(cc43)C(C)(C)C3=C5C=CCC3)c3cc(C)cc(C)c32)C(C=O)=C1. The number of allylic oxidation sites excluding steroid dienone is 7. The van der Waals surface area contributed by atoms with Gasteiger partial charge >= 0.3 is 0 Å². The van der Waals surface area contributed by atoms with Gasteiger partial charge in [0, 0.05) is 17.5 Å². The Labute approximate surface area is 266 Å². The van der Waals surface area contributed by atoms with Crippen LogP contribution in [0.15, 0.2) is 95.8 Å². The molecular formula is C41H40N2O2. The van der Waals surface area contributed by atoms with Crippen molar-refractivity contribution in [3.8, 4) is 0 Å². The minimum absolute atomic E-state index is 0.0966. The number of aliphatic hydroxyl groups is 1. The van der Waals surface area contributed by atoms with Crippen LogP contribution in [0.1, 0.15) is 89.2 Å². The largest absolute Gasteiger partial charge is 0.355 e. The first-order valence-corrected chi connectivity index (χ1v) is 16.1. The molecule has 1 spiro atoms. The highest BCUT2D eigenvalue weighted by Gasteiger charge is 2.58. The molecule has 2 heterocycles. The van der Waals surface area contributed by atoms with E-state index in [2.05, 4.69) is 113 Å². The number of hydrogen-bond acceptors (Lipinski definition) is 4. The van der Waals surface area contributed by atoms with Crippen molar-refractivity contribution in [1.29, 1.82) is 0 Å². The molecule has 0 aromatic heterocycles. The van der Waals surface area contributed by atoms with Crippen molar-refractivity contribution in [1.82, 2.24) is 10.2 Å². The first kappa shape index (κ1) is 28.2. The van der Waals surface area contributed by atoms with Gasteiger partial charge in [-0.2, -0.15) is 0 Å². The third kappa shape index (κ3) is 3.76. The number of fused-ring (bicyclic) bond motifs is 6. The molecule has 0 radical (unpaired) electrons. The maximum absolute atomic E-state index is 13.0. The van der Waals surface area contributed by atoms with E-state index in [0.717, 1.165) is 63.7 Å². The third-order valence-corrected chi connectivity index (χ3v) is 10.9. The Morgan fingerprint density at radius 2 is 1.76 bits per heavy atom. The van der Waals surface area contributed by atoms with Gasteiger partial charge in [0.25, 0.3) is 0 Å². The Bertz CT molecular complexity index is 2020. The molecular weight excluding hydrogens is 552 g/mol. The fourth-order valence-corrected chi connectivity index (χ4v) is 8.84. The van der Waals surface area contributed by atoms with E-state index in [0.29, 0.717) is 12.2 Å². The van der Waals surface area contributed by atoms with E-state index < -0.39 is 11.4 Å². The van der Waals surface area contributed by atoms with Crippen molar-refractivity contribution in [3.05, 3.63) is 151 Å². The normalized spacial score (nSPS) is 25.5. The summed E-state index contributed by atoms with van der Waals surface area (Å²) in [6.07, 6.45) is 13.9. The fraction of sp³-hybridized carbons (Fsp3) is 0.293. The molecule has 3 aliphatic carbocycles. The molecule has 3 aromatic rings. The monoisotopic (exact) mass is 592 g/mol. The molecule has 0 amide bonds. The van der Waals surface area contributed by atoms with Crippen molar-refractivity contribution in [2.24, 2.45) is 0 Å². The fourth-order valence-electron chi connectivity index (χ4n) is 8.84. The van der Waals surface area contributed by atoms with Gasteiger partial charge in [-0.15, -0.1) is 0 Å². The van der Waals surface area contributed by atoms with Crippen LogP contribution in [0, 0.1) is 20.8 Å². The molecule has 0 unspecified atom stereocenters. The van der Waals surface area contributed by atoms with E-state index in [1.165, 1.54) is 33.4 Å². The van der Waals surface area contributed by atoms with Crippen molar-refractivity contribution in [2.45, 2.75) is 71.2 Å². The molecule has 8 rings (SSSR count). The maximum Gasteiger partial charge on any atom is 0.225 e. The second-order valence-electron chi connectivity index (χ2n) is 14.2. The van der Waals surface area contributed by atoms with Gasteiger partial charge in [-0.25, -0.2) is 0 Å². The van der Waals surface area contributed by atoms with Crippen LogP contribution >= 0.6 is 0 Å². The zero-order valence-electron chi connectivity index (χ0n) is 27.0. The van der Waals surface area contributed by atoms with Crippen LogP contribution in [-0.2, 0) is 21.6 Å². The Morgan fingerprint density at radius 1 is 0.933 bits per heavy atom. The Kier molecular flexibility index (Phi) is 5.89. The van der Waals surface area contributed by atoms with Crippen molar-refractivity contribution >= 4 is 17.4 Å². The number of benzene rings is 3. The lowest BCUT2D eigenvalue weighted by Crippen LogP contribution is -2.57. The number of nitrogens with one attached hydrogen (secondary N) is 1. The molecule has 0 saturated heterocycles. The number of aryl methyl sites for hydroxylation is 3. The van der Waals surface area contributed by atoms with Gasteiger partial charge in [0.2, 0.25) is 5.85 Å². The van der Waals surface area contributed by atoms with Gasteiger partial charge in [-0.05, 0) is 109 Å². The highest BCUT2D eigenvalue weighted by atomic mass is 16.3. The second kappa shape index (κ2) is 9.38. The van der Waals surface area contributed by atoms with Crippen molar-refractivity contribution < 1.29 is 9.90 Å². The minimum atomic E-state index is -1.61. The van der Waals surface area contributed by atoms with Gasteiger partial charge in [0.15, 0.2) is 6.29 Å². The predicted octanol–water partition coefficient (Wildman–Crippen LogP) is 7.75. The zero-order chi connectivity index (χ0) is 31.5. The number of carbonyl (C=O) groups is 1. The summed E-state index contributed by atoms with van der Waals surface area (Å²) in [7, 11) is 0. The number of rotatable bonds is 3. The lowest BCUT2D eigenvalue weighted by atomic mass is 9.76. The van der Waals surface area contributed by atoms with E-state index in [1.54, 1.807) is 0 Å². The Balaban J connectivity index is 1.43. The summed E-state index contributed by atoms with van der Waals surface area (Å²) in [5.41, 5.74) is 16.0.